The lowest BCUT2D eigenvalue weighted by Gasteiger charge is -2.23. The van der Waals surface area contributed by atoms with Gasteiger partial charge >= 0.3 is 17.9 Å². The Morgan fingerprint density at radius 3 is 1.64 bits per heavy atom. The summed E-state index contributed by atoms with van der Waals surface area (Å²) in [7, 11) is 0. The number of hydrogen-bond donors (Lipinski definition) is 2. The Labute approximate surface area is 187 Å². The van der Waals surface area contributed by atoms with E-state index in [1.165, 1.54) is 66.7 Å². The first-order chi connectivity index (χ1) is 15.9. The molecular weight excluding hydrogens is 433 g/mol. The summed E-state index contributed by atoms with van der Waals surface area (Å²) in [6.45, 7) is 0. The van der Waals surface area contributed by atoms with Crippen LogP contribution in [0.4, 0.5) is 10.1 Å². The number of benzene rings is 3. The Bertz CT molecular complexity index is 1150. The fourth-order valence-electron chi connectivity index (χ4n) is 2.78. The van der Waals surface area contributed by atoms with Gasteiger partial charge in [-0.15, -0.1) is 0 Å². The predicted molar refractivity (Wildman–Crippen MR) is 114 cm³/mol. The summed E-state index contributed by atoms with van der Waals surface area (Å²) in [5.74, 6) is -5.83. The van der Waals surface area contributed by atoms with Crippen molar-refractivity contribution in [1.82, 2.24) is 0 Å². The van der Waals surface area contributed by atoms with E-state index < -0.39 is 41.8 Å². The molecule has 3 aromatic rings. The number of aliphatic carboxylic acids is 1. The Hall–Kier alpha value is -4.53. The third-order valence-corrected chi connectivity index (χ3v) is 4.40. The van der Waals surface area contributed by atoms with E-state index >= 15 is 0 Å². The van der Waals surface area contributed by atoms with Crippen molar-refractivity contribution >= 4 is 29.5 Å². The summed E-state index contributed by atoms with van der Waals surface area (Å²) < 4.78 is 24.2. The molecule has 9 heteroatoms. The second-order valence-corrected chi connectivity index (χ2v) is 6.69. The summed E-state index contributed by atoms with van der Waals surface area (Å²) in [5, 5.41) is 11.8. The zero-order valence-corrected chi connectivity index (χ0v) is 17.0. The Kier molecular flexibility index (Phi) is 7.48. The van der Waals surface area contributed by atoms with Crippen LogP contribution in [0.5, 0.6) is 0 Å². The van der Waals surface area contributed by atoms with E-state index in [4.69, 9.17) is 9.47 Å². The second kappa shape index (κ2) is 10.7. The van der Waals surface area contributed by atoms with Gasteiger partial charge < -0.3 is 19.9 Å². The van der Waals surface area contributed by atoms with Crippen molar-refractivity contribution in [3.63, 3.8) is 0 Å². The number of anilines is 1. The molecule has 0 unspecified atom stereocenters. The number of nitrogens with one attached hydrogen (secondary N) is 1. The number of halogens is 1. The minimum Gasteiger partial charge on any atom is -0.478 e. The zero-order chi connectivity index (χ0) is 23.8. The molecule has 168 valence electrons. The van der Waals surface area contributed by atoms with E-state index in [0.29, 0.717) is 0 Å². The van der Waals surface area contributed by atoms with Crippen LogP contribution in [0, 0.1) is 5.82 Å². The average Bonchev–Trinajstić information content (AvgIpc) is 2.83. The van der Waals surface area contributed by atoms with Gasteiger partial charge in [0.2, 0.25) is 12.2 Å². The number of carboxylic acids is 1. The number of carboxylic acid groups (broad SMARTS) is 1. The van der Waals surface area contributed by atoms with Crippen molar-refractivity contribution in [2.24, 2.45) is 0 Å². The molecule has 0 aromatic heterocycles. The standard InChI is InChI=1S/C24H18FNO7/c25-17-13-7-8-14-18(17)26-21(27)19(32-23(30)15-9-3-1-4-10-15)20(22(28)29)33-24(31)16-11-5-2-6-12-16/h1-14,19-20H,(H,26,27)(H,28,29)/t19-,20-/m1/s1. The lowest BCUT2D eigenvalue weighted by Crippen LogP contribution is -2.48. The third kappa shape index (κ3) is 6.01. The van der Waals surface area contributed by atoms with E-state index in [1.807, 2.05) is 0 Å². The third-order valence-electron chi connectivity index (χ3n) is 4.40. The lowest BCUT2D eigenvalue weighted by atomic mass is 10.1. The monoisotopic (exact) mass is 451 g/mol. The van der Waals surface area contributed by atoms with Crippen LogP contribution < -0.4 is 5.32 Å². The highest BCUT2D eigenvalue weighted by molar-refractivity contribution is 6.01. The maximum absolute atomic E-state index is 14.0. The number of ether oxygens (including phenoxy) is 2. The van der Waals surface area contributed by atoms with Gasteiger partial charge in [0.15, 0.2) is 0 Å². The Morgan fingerprint density at radius 1 is 0.697 bits per heavy atom. The van der Waals surface area contributed by atoms with Crippen LogP contribution in [0.1, 0.15) is 20.7 Å². The van der Waals surface area contributed by atoms with E-state index in [-0.39, 0.29) is 16.8 Å². The fraction of sp³-hybridized carbons (Fsp3) is 0.0833. The summed E-state index contributed by atoms with van der Waals surface area (Å²) in [6, 6.07) is 20.1. The van der Waals surface area contributed by atoms with E-state index in [2.05, 4.69) is 5.32 Å². The normalized spacial score (nSPS) is 12.2. The Morgan fingerprint density at radius 2 is 1.15 bits per heavy atom. The predicted octanol–water partition coefficient (Wildman–Crippen LogP) is 3.30. The first-order valence-electron chi connectivity index (χ1n) is 9.67. The van der Waals surface area contributed by atoms with Crippen molar-refractivity contribution in [1.29, 1.82) is 0 Å². The van der Waals surface area contributed by atoms with Crippen molar-refractivity contribution in [2.75, 3.05) is 5.32 Å². The molecule has 0 bridgehead atoms. The van der Waals surface area contributed by atoms with Gasteiger partial charge in [-0.2, -0.15) is 0 Å². The molecule has 0 saturated heterocycles. The van der Waals surface area contributed by atoms with Crippen LogP contribution in [0.2, 0.25) is 0 Å². The van der Waals surface area contributed by atoms with Crippen molar-refractivity contribution in [2.45, 2.75) is 12.2 Å². The smallest absolute Gasteiger partial charge is 0.349 e. The number of esters is 2. The molecule has 0 spiro atoms. The summed E-state index contributed by atoms with van der Waals surface area (Å²) >= 11 is 0. The first kappa shape index (κ1) is 23.1. The van der Waals surface area contributed by atoms with E-state index in [0.717, 1.165) is 6.07 Å². The molecule has 0 heterocycles. The molecule has 3 rings (SSSR count). The van der Waals surface area contributed by atoms with Crippen molar-refractivity contribution in [3.05, 3.63) is 102 Å². The molecule has 2 N–H and O–H groups in total. The summed E-state index contributed by atoms with van der Waals surface area (Å²) in [6.07, 6.45) is -4.33. The number of hydrogen-bond acceptors (Lipinski definition) is 6. The number of rotatable bonds is 8. The van der Waals surface area contributed by atoms with Crippen LogP contribution in [0.25, 0.3) is 0 Å². The van der Waals surface area contributed by atoms with Crippen LogP contribution in [-0.4, -0.2) is 41.1 Å². The molecule has 1 amide bonds. The largest absolute Gasteiger partial charge is 0.478 e. The van der Waals surface area contributed by atoms with Gasteiger partial charge in [0, 0.05) is 0 Å². The molecule has 3 aromatic carbocycles. The number of carbonyl (C=O) groups is 4. The highest BCUT2D eigenvalue weighted by Crippen LogP contribution is 2.17. The topological polar surface area (TPSA) is 119 Å². The molecule has 0 fully saturated rings. The summed E-state index contributed by atoms with van der Waals surface area (Å²) in [5.41, 5.74) is -0.229. The van der Waals surface area contributed by atoms with Crippen molar-refractivity contribution < 1.29 is 38.1 Å². The zero-order valence-electron chi connectivity index (χ0n) is 17.0. The highest BCUT2D eigenvalue weighted by atomic mass is 19.1. The van der Waals surface area contributed by atoms with Crippen molar-refractivity contribution in [3.8, 4) is 0 Å². The maximum atomic E-state index is 14.0. The number of para-hydroxylation sites is 1. The quantitative estimate of drug-likeness (QED) is 0.505. The lowest BCUT2D eigenvalue weighted by molar-refractivity contribution is -0.157. The minimum absolute atomic E-state index is 0.0198. The van der Waals surface area contributed by atoms with E-state index in [1.54, 1.807) is 12.1 Å². The van der Waals surface area contributed by atoms with Gasteiger partial charge in [-0.25, -0.2) is 18.8 Å². The highest BCUT2D eigenvalue weighted by Gasteiger charge is 2.41. The van der Waals surface area contributed by atoms with Gasteiger partial charge in [0.1, 0.15) is 5.82 Å². The Balaban J connectivity index is 1.91. The molecule has 0 aliphatic carbocycles. The SMILES string of the molecule is O=C(O[C@@H](C(=O)O)[C@@H](OC(=O)c1ccccc1)C(=O)Nc1ccccc1F)c1ccccc1. The van der Waals surface area contributed by atoms with Gasteiger partial charge in [0.05, 0.1) is 16.8 Å². The second-order valence-electron chi connectivity index (χ2n) is 6.69. The van der Waals surface area contributed by atoms with E-state index in [9.17, 15) is 28.7 Å². The van der Waals surface area contributed by atoms with Crippen LogP contribution in [-0.2, 0) is 19.1 Å². The van der Waals surface area contributed by atoms with Gasteiger partial charge in [-0.1, -0.05) is 48.5 Å². The molecule has 33 heavy (non-hydrogen) atoms. The maximum Gasteiger partial charge on any atom is 0.349 e. The molecule has 0 saturated carbocycles. The van der Waals surface area contributed by atoms with Gasteiger partial charge in [0.25, 0.3) is 5.91 Å². The minimum atomic E-state index is -2.21. The number of amides is 1. The molecule has 0 radical (unpaired) electrons. The molecule has 0 aliphatic rings. The van der Waals surface area contributed by atoms with Crippen LogP contribution >= 0.6 is 0 Å². The van der Waals surface area contributed by atoms with Crippen LogP contribution in [0.15, 0.2) is 84.9 Å². The van der Waals surface area contributed by atoms with Gasteiger partial charge in [-0.05, 0) is 36.4 Å². The molecular formula is C24H18FNO7. The number of carbonyl (C=O) groups excluding carboxylic acids is 3. The fourth-order valence-corrected chi connectivity index (χ4v) is 2.78. The average molecular weight is 451 g/mol. The first-order valence-corrected chi connectivity index (χ1v) is 9.67. The van der Waals surface area contributed by atoms with Gasteiger partial charge in [-0.3, -0.25) is 4.79 Å². The molecule has 0 aliphatic heterocycles. The summed E-state index contributed by atoms with van der Waals surface area (Å²) in [4.78, 5) is 49.8. The van der Waals surface area contributed by atoms with Crippen LogP contribution in [0.3, 0.4) is 0 Å². The molecule has 8 nitrogen and oxygen atoms in total. The molecule has 2 atom stereocenters.